The third kappa shape index (κ3) is 6.15. The first-order chi connectivity index (χ1) is 10.9. The number of piperidine rings is 1. The molecular formula is C14H19ClF3IN4O. The topological polar surface area (TPSA) is 63.7 Å². The minimum absolute atomic E-state index is 0. The molecule has 24 heavy (non-hydrogen) atoms. The van der Waals surface area contributed by atoms with Gasteiger partial charge in [-0.05, 0) is 25.3 Å². The quantitative estimate of drug-likeness (QED) is 0.311. The fourth-order valence-corrected chi connectivity index (χ4v) is 2.43. The van der Waals surface area contributed by atoms with Gasteiger partial charge in [0.15, 0.2) is 5.96 Å². The number of nitrogens with zero attached hydrogens (tertiary/aromatic N) is 3. The number of alkyl halides is 3. The van der Waals surface area contributed by atoms with E-state index in [1.54, 1.807) is 0 Å². The van der Waals surface area contributed by atoms with Gasteiger partial charge >= 0.3 is 6.18 Å². The molecule has 5 nitrogen and oxygen atoms in total. The Bertz CT molecular complexity index is 565. The molecule has 0 spiro atoms. The minimum Gasteiger partial charge on any atom is -0.475 e. The van der Waals surface area contributed by atoms with Crippen molar-refractivity contribution in [3.05, 3.63) is 22.8 Å². The maximum Gasteiger partial charge on any atom is 0.417 e. The Morgan fingerprint density at radius 1 is 1.33 bits per heavy atom. The highest BCUT2D eigenvalue weighted by atomic mass is 127. The molecule has 0 saturated carbocycles. The van der Waals surface area contributed by atoms with E-state index in [1.165, 1.54) is 6.42 Å². The summed E-state index contributed by atoms with van der Waals surface area (Å²) in [5.41, 5.74) is 4.96. The van der Waals surface area contributed by atoms with Crippen LogP contribution >= 0.6 is 35.6 Å². The molecule has 0 unspecified atom stereocenters. The average molecular weight is 479 g/mol. The lowest BCUT2D eigenvalue weighted by Crippen LogP contribution is -2.41. The lowest BCUT2D eigenvalue weighted by molar-refractivity contribution is -0.137. The van der Waals surface area contributed by atoms with Crippen molar-refractivity contribution in [2.75, 3.05) is 26.2 Å². The fourth-order valence-electron chi connectivity index (χ4n) is 2.21. The Morgan fingerprint density at radius 2 is 2.00 bits per heavy atom. The van der Waals surface area contributed by atoms with Crippen LogP contribution < -0.4 is 10.5 Å². The third-order valence-electron chi connectivity index (χ3n) is 3.42. The first-order valence-corrected chi connectivity index (χ1v) is 7.66. The number of aromatic nitrogens is 1. The largest absolute Gasteiger partial charge is 0.475 e. The van der Waals surface area contributed by atoms with Gasteiger partial charge in [-0.1, -0.05) is 11.6 Å². The van der Waals surface area contributed by atoms with Crippen LogP contribution in [-0.2, 0) is 6.18 Å². The average Bonchev–Trinajstić information content (AvgIpc) is 2.52. The summed E-state index contributed by atoms with van der Waals surface area (Å²) in [6, 6.07) is 0.787. The highest BCUT2D eigenvalue weighted by Crippen LogP contribution is 2.32. The molecule has 0 radical (unpaired) electrons. The number of rotatable bonds is 4. The van der Waals surface area contributed by atoms with Crippen molar-refractivity contribution in [1.82, 2.24) is 9.88 Å². The van der Waals surface area contributed by atoms with Crippen LogP contribution in [0, 0.1) is 0 Å². The lowest BCUT2D eigenvalue weighted by Gasteiger charge is -2.27. The summed E-state index contributed by atoms with van der Waals surface area (Å²) in [5.74, 6) is 0.409. The van der Waals surface area contributed by atoms with Gasteiger partial charge in [-0.25, -0.2) is 9.98 Å². The summed E-state index contributed by atoms with van der Waals surface area (Å²) in [7, 11) is 0. The van der Waals surface area contributed by atoms with Crippen LogP contribution in [0.1, 0.15) is 24.8 Å². The van der Waals surface area contributed by atoms with E-state index in [4.69, 9.17) is 22.1 Å². The van der Waals surface area contributed by atoms with Crippen LogP contribution in [-0.4, -0.2) is 42.1 Å². The van der Waals surface area contributed by atoms with Crippen LogP contribution in [0.5, 0.6) is 5.88 Å². The number of ether oxygens (including phenoxy) is 1. The van der Waals surface area contributed by atoms with Crippen LogP contribution in [0.25, 0.3) is 0 Å². The molecule has 1 aromatic heterocycles. The Morgan fingerprint density at radius 3 is 2.58 bits per heavy atom. The maximum atomic E-state index is 12.5. The predicted molar refractivity (Wildman–Crippen MR) is 97.1 cm³/mol. The molecule has 0 bridgehead atoms. The van der Waals surface area contributed by atoms with Gasteiger partial charge in [-0.15, -0.1) is 24.0 Å². The van der Waals surface area contributed by atoms with E-state index < -0.39 is 11.7 Å². The molecule has 0 amide bonds. The number of pyridine rings is 1. The van der Waals surface area contributed by atoms with Crippen molar-refractivity contribution in [2.24, 2.45) is 10.7 Å². The molecule has 136 valence electrons. The highest BCUT2D eigenvalue weighted by molar-refractivity contribution is 14.0. The number of nitrogens with two attached hydrogens (primary N) is 1. The first kappa shape index (κ1) is 21.1. The number of hydrogen-bond acceptors (Lipinski definition) is 3. The van der Waals surface area contributed by atoms with Crippen LogP contribution in [0.15, 0.2) is 17.3 Å². The third-order valence-corrected chi connectivity index (χ3v) is 3.69. The minimum atomic E-state index is -4.48. The molecule has 1 aromatic rings. The Hall–Kier alpha value is -0.970. The molecule has 1 fully saturated rings. The first-order valence-electron chi connectivity index (χ1n) is 7.28. The molecule has 2 rings (SSSR count). The standard InChI is InChI=1S/C14H18ClF3N4O.HI/c15-11-8-10(14(16,17)18)9-21-12(11)23-7-4-20-13(19)22-5-2-1-3-6-22;/h8-9H,1-7H2,(H2,19,20);1H. The van der Waals surface area contributed by atoms with Gasteiger partial charge in [-0.3, -0.25) is 0 Å². The molecule has 1 aliphatic heterocycles. The van der Waals surface area contributed by atoms with Crippen LogP contribution in [0.4, 0.5) is 13.2 Å². The second-order valence-corrected chi connectivity index (χ2v) is 5.55. The molecular weight excluding hydrogens is 460 g/mol. The molecule has 0 atom stereocenters. The molecule has 0 aliphatic carbocycles. The lowest BCUT2D eigenvalue weighted by atomic mass is 10.1. The van der Waals surface area contributed by atoms with Gasteiger partial charge < -0.3 is 15.4 Å². The van der Waals surface area contributed by atoms with Crippen LogP contribution in [0.3, 0.4) is 0 Å². The second kappa shape index (κ2) is 9.50. The van der Waals surface area contributed by atoms with Crippen molar-refractivity contribution in [2.45, 2.75) is 25.4 Å². The highest BCUT2D eigenvalue weighted by Gasteiger charge is 2.31. The van der Waals surface area contributed by atoms with Crippen molar-refractivity contribution in [1.29, 1.82) is 0 Å². The molecule has 2 N–H and O–H groups in total. The van der Waals surface area contributed by atoms with E-state index in [2.05, 4.69) is 9.98 Å². The number of likely N-dealkylation sites (tertiary alicyclic amines) is 1. The zero-order valence-electron chi connectivity index (χ0n) is 12.9. The van der Waals surface area contributed by atoms with E-state index in [1.807, 2.05) is 4.90 Å². The van der Waals surface area contributed by atoms with Gasteiger partial charge in [0.2, 0.25) is 5.88 Å². The normalized spacial score (nSPS) is 15.8. The Kier molecular flexibility index (Phi) is 8.34. The molecule has 1 saturated heterocycles. The van der Waals surface area contributed by atoms with Crippen molar-refractivity contribution in [3.8, 4) is 5.88 Å². The Labute approximate surface area is 160 Å². The molecule has 1 aliphatic rings. The van der Waals surface area contributed by atoms with Gasteiger partial charge in [0.1, 0.15) is 11.6 Å². The maximum absolute atomic E-state index is 12.5. The smallest absolute Gasteiger partial charge is 0.417 e. The van der Waals surface area contributed by atoms with E-state index in [0.29, 0.717) is 12.2 Å². The summed E-state index contributed by atoms with van der Waals surface area (Å²) < 4.78 is 42.7. The van der Waals surface area contributed by atoms with E-state index in [0.717, 1.165) is 32.0 Å². The SMILES string of the molecule is I.NC(=NCCOc1ncc(C(F)(F)F)cc1Cl)N1CCCCC1. The summed E-state index contributed by atoms with van der Waals surface area (Å²) in [6.07, 6.45) is -0.407. The van der Waals surface area contributed by atoms with Gasteiger partial charge in [0.05, 0.1) is 12.1 Å². The van der Waals surface area contributed by atoms with Gasteiger partial charge in [0.25, 0.3) is 0 Å². The Balaban J connectivity index is 0.00000288. The summed E-state index contributed by atoms with van der Waals surface area (Å²) in [5, 5.41) is -0.187. The van der Waals surface area contributed by atoms with Crippen molar-refractivity contribution < 1.29 is 17.9 Å². The van der Waals surface area contributed by atoms with Crippen LogP contribution in [0.2, 0.25) is 5.02 Å². The van der Waals surface area contributed by atoms with Gasteiger partial charge in [-0.2, -0.15) is 13.2 Å². The van der Waals surface area contributed by atoms with E-state index in [-0.39, 0.29) is 48.0 Å². The van der Waals surface area contributed by atoms with Crippen molar-refractivity contribution in [3.63, 3.8) is 0 Å². The number of halogens is 5. The van der Waals surface area contributed by atoms with Crippen molar-refractivity contribution >= 4 is 41.5 Å². The predicted octanol–water partition coefficient (Wildman–Crippen LogP) is 3.55. The second-order valence-electron chi connectivity index (χ2n) is 5.14. The van der Waals surface area contributed by atoms with E-state index >= 15 is 0 Å². The van der Waals surface area contributed by atoms with E-state index in [9.17, 15) is 13.2 Å². The van der Waals surface area contributed by atoms with Gasteiger partial charge in [0, 0.05) is 19.3 Å². The summed E-state index contributed by atoms with van der Waals surface area (Å²) in [6.45, 7) is 2.19. The number of aliphatic imine (C=N–C) groups is 1. The summed E-state index contributed by atoms with van der Waals surface area (Å²) in [4.78, 5) is 9.79. The monoisotopic (exact) mass is 478 g/mol. The molecule has 0 aromatic carbocycles. The number of hydrogen-bond donors (Lipinski definition) is 1. The zero-order valence-corrected chi connectivity index (χ0v) is 15.9. The summed E-state index contributed by atoms with van der Waals surface area (Å²) >= 11 is 5.74. The zero-order chi connectivity index (χ0) is 16.9. The fraction of sp³-hybridized carbons (Fsp3) is 0.571. The molecule has 2 heterocycles. The molecule has 10 heteroatoms. The number of guanidine groups is 1.